The lowest BCUT2D eigenvalue weighted by atomic mass is 9.93. The number of ether oxygens (including phenoxy) is 1. The molecule has 0 radical (unpaired) electrons. The maximum atomic E-state index is 14.3. The van der Waals surface area contributed by atoms with Crippen molar-refractivity contribution in [3.8, 4) is 11.3 Å². The van der Waals surface area contributed by atoms with Gasteiger partial charge in [0.2, 0.25) is 11.8 Å². The number of nitrogens with zero attached hydrogens (tertiary/aromatic N) is 3. The van der Waals surface area contributed by atoms with Crippen molar-refractivity contribution in [1.82, 2.24) is 14.8 Å². The summed E-state index contributed by atoms with van der Waals surface area (Å²) in [5, 5.41) is 3.37. The maximum Gasteiger partial charge on any atom is 0.419 e. The Bertz CT molecular complexity index is 1280. The third kappa shape index (κ3) is 4.31. The summed E-state index contributed by atoms with van der Waals surface area (Å²) in [7, 11) is 2.69. The van der Waals surface area contributed by atoms with Crippen LogP contribution in [0.1, 0.15) is 12.0 Å². The number of amides is 4. The first-order valence-corrected chi connectivity index (χ1v) is 11.0. The Morgan fingerprint density at radius 1 is 1.23 bits per heavy atom. The fraction of sp³-hybridized carbons (Fsp3) is 0.300. The molecule has 4 rings (SSSR count). The van der Waals surface area contributed by atoms with E-state index in [-0.39, 0.29) is 21.6 Å². The zero-order valence-corrected chi connectivity index (χ0v) is 19.3. The van der Waals surface area contributed by atoms with Crippen LogP contribution in [0.15, 0.2) is 28.3 Å². The van der Waals surface area contributed by atoms with Crippen molar-refractivity contribution in [2.75, 3.05) is 19.4 Å². The van der Waals surface area contributed by atoms with Crippen molar-refractivity contribution < 1.29 is 41.1 Å². The van der Waals surface area contributed by atoms with Crippen LogP contribution in [0.25, 0.3) is 11.3 Å². The quantitative estimate of drug-likeness (QED) is 0.586. The van der Waals surface area contributed by atoms with Crippen LogP contribution < -0.4 is 5.32 Å². The van der Waals surface area contributed by atoms with Crippen LogP contribution in [-0.2, 0) is 20.5 Å². The number of urea groups is 1. The number of hydrogen-bond acceptors (Lipinski definition) is 6. The number of alkyl halides is 3. The van der Waals surface area contributed by atoms with E-state index in [1.54, 1.807) is 0 Å². The molecule has 1 saturated heterocycles. The van der Waals surface area contributed by atoms with Crippen LogP contribution in [0, 0.1) is 17.6 Å². The van der Waals surface area contributed by atoms with Gasteiger partial charge in [-0.2, -0.15) is 13.2 Å². The SMILES string of the molecule is CN1C(=O)C2C(CC(=O)Nc3nc(-c4ccc(C(F)(F)F)c(F)c4F)cs3)=C(Cl)OC2N(C)C1=O. The summed E-state index contributed by atoms with van der Waals surface area (Å²) in [5.41, 5.74) is -2.33. The van der Waals surface area contributed by atoms with Crippen LogP contribution in [0.3, 0.4) is 0 Å². The third-order valence-corrected chi connectivity index (χ3v) is 6.56. The van der Waals surface area contributed by atoms with Crippen molar-refractivity contribution in [1.29, 1.82) is 0 Å². The number of benzene rings is 1. The second kappa shape index (κ2) is 8.75. The molecular formula is C20H14ClF5N4O4S. The zero-order valence-electron chi connectivity index (χ0n) is 17.7. The molecule has 2 aliphatic rings. The minimum Gasteiger partial charge on any atom is -0.458 e. The van der Waals surface area contributed by atoms with E-state index in [1.165, 1.54) is 24.4 Å². The number of aromatic nitrogens is 1. The van der Waals surface area contributed by atoms with Crippen molar-refractivity contribution in [3.05, 3.63) is 45.5 Å². The van der Waals surface area contributed by atoms with Gasteiger partial charge in [0, 0.05) is 30.6 Å². The number of rotatable bonds is 4. The molecule has 15 heteroatoms. The number of thiazole rings is 1. The van der Waals surface area contributed by atoms with Gasteiger partial charge >= 0.3 is 12.2 Å². The van der Waals surface area contributed by atoms with Crippen LogP contribution >= 0.6 is 22.9 Å². The Morgan fingerprint density at radius 3 is 2.57 bits per heavy atom. The Kier molecular flexibility index (Phi) is 6.21. The van der Waals surface area contributed by atoms with Gasteiger partial charge in [-0.1, -0.05) is 0 Å². The van der Waals surface area contributed by atoms with Gasteiger partial charge in [0.15, 0.2) is 28.2 Å². The van der Waals surface area contributed by atoms with Crippen molar-refractivity contribution in [2.24, 2.45) is 5.92 Å². The molecule has 2 aromatic rings. The van der Waals surface area contributed by atoms with Gasteiger partial charge in [-0.15, -0.1) is 11.3 Å². The zero-order chi connectivity index (χ0) is 25.8. The molecule has 0 bridgehead atoms. The summed E-state index contributed by atoms with van der Waals surface area (Å²) in [4.78, 5) is 43.2. The summed E-state index contributed by atoms with van der Waals surface area (Å²) in [6, 6.07) is 0.538. The van der Waals surface area contributed by atoms with Gasteiger partial charge in [-0.05, 0) is 23.7 Å². The lowest BCUT2D eigenvalue weighted by Crippen LogP contribution is -2.58. The summed E-state index contributed by atoms with van der Waals surface area (Å²) >= 11 is 6.90. The molecule has 0 spiro atoms. The summed E-state index contributed by atoms with van der Waals surface area (Å²) in [6.07, 6.45) is -6.48. The highest BCUT2D eigenvalue weighted by atomic mass is 35.5. The Morgan fingerprint density at radius 2 is 1.91 bits per heavy atom. The lowest BCUT2D eigenvalue weighted by molar-refractivity contribution is -0.141. The third-order valence-electron chi connectivity index (χ3n) is 5.47. The standard InChI is InChI=1S/C20H14ClF5N4O4S/c1-29-16(32)12-8(15(21)34-17(12)30(2)19(29)33)5-11(31)28-18-27-10(6-35-18)7-3-4-9(20(24,25)26)14(23)13(7)22/h3-4,6,12,17H,5H2,1-2H3,(H,27,28,31). The Labute approximate surface area is 202 Å². The highest BCUT2D eigenvalue weighted by Crippen LogP contribution is 2.41. The number of anilines is 1. The lowest BCUT2D eigenvalue weighted by Gasteiger charge is -2.37. The number of carbonyl (C=O) groups excluding carboxylic acids is 3. The molecule has 0 saturated carbocycles. The number of imide groups is 1. The molecule has 2 atom stereocenters. The van der Waals surface area contributed by atoms with Crippen LogP contribution in [-0.4, -0.2) is 53.0 Å². The first-order valence-electron chi connectivity index (χ1n) is 9.71. The van der Waals surface area contributed by atoms with Gasteiger partial charge in [0.1, 0.15) is 5.92 Å². The van der Waals surface area contributed by atoms with E-state index in [4.69, 9.17) is 16.3 Å². The van der Waals surface area contributed by atoms with Gasteiger partial charge < -0.3 is 10.1 Å². The number of hydrogen-bond donors (Lipinski definition) is 1. The fourth-order valence-electron chi connectivity index (χ4n) is 3.70. The van der Waals surface area contributed by atoms with E-state index in [1.807, 2.05) is 0 Å². The van der Waals surface area contributed by atoms with Crippen molar-refractivity contribution in [3.63, 3.8) is 0 Å². The topological polar surface area (TPSA) is 91.8 Å². The number of halogens is 6. The normalized spacial score (nSPS) is 20.3. The number of nitrogens with one attached hydrogen (secondary N) is 1. The number of carbonyl (C=O) groups is 3. The first kappa shape index (κ1) is 24.9. The monoisotopic (exact) mass is 536 g/mol. The van der Waals surface area contributed by atoms with E-state index >= 15 is 0 Å². The molecule has 1 aromatic carbocycles. The van der Waals surface area contributed by atoms with E-state index in [0.29, 0.717) is 6.07 Å². The molecule has 35 heavy (non-hydrogen) atoms. The van der Waals surface area contributed by atoms with Gasteiger partial charge in [-0.25, -0.2) is 18.6 Å². The van der Waals surface area contributed by atoms with Gasteiger partial charge in [-0.3, -0.25) is 19.4 Å². The molecule has 1 N–H and O–H groups in total. The van der Waals surface area contributed by atoms with E-state index in [9.17, 15) is 36.3 Å². The number of fused-ring (bicyclic) bond motifs is 1. The van der Waals surface area contributed by atoms with E-state index < -0.39 is 65.3 Å². The predicted octanol–water partition coefficient (Wildman–Crippen LogP) is 4.38. The Hall–Kier alpha value is -3.26. The molecule has 8 nitrogen and oxygen atoms in total. The molecule has 2 unspecified atom stereocenters. The first-order chi connectivity index (χ1) is 16.3. The largest absolute Gasteiger partial charge is 0.458 e. The molecule has 4 amide bonds. The molecule has 1 fully saturated rings. The second-order valence-electron chi connectivity index (χ2n) is 7.63. The molecule has 2 aliphatic heterocycles. The van der Waals surface area contributed by atoms with Crippen LogP contribution in [0.4, 0.5) is 31.9 Å². The summed E-state index contributed by atoms with van der Waals surface area (Å²) < 4.78 is 71.8. The molecule has 1 aromatic heterocycles. The summed E-state index contributed by atoms with van der Waals surface area (Å²) in [5.74, 6) is -6.08. The van der Waals surface area contributed by atoms with Gasteiger partial charge in [0.05, 0.1) is 17.7 Å². The minimum absolute atomic E-state index is 0.0590. The highest BCUT2D eigenvalue weighted by molar-refractivity contribution is 7.14. The average molecular weight is 537 g/mol. The Balaban J connectivity index is 1.50. The second-order valence-corrected chi connectivity index (χ2v) is 8.83. The molecule has 3 heterocycles. The maximum absolute atomic E-state index is 14.3. The van der Waals surface area contributed by atoms with E-state index in [0.717, 1.165) is 22.3 Å². The fourth-order valence-corrected chi connectivity index (χ4v) is 4.71. The molecule has 186 valence electrons. The molecular weight excluding hydrogens is 523 g/mol. The van der Waals surface area contributed by atoms with Crippen LogP contribution in [0.2, 0.25) is 0 Å². The summed E-state index contributed by atoms with van der Waals surface area (Å²) in [6.45, 7) is 0. The van der Waals surface area contributed by atoms with Gasteiger partial charge in [0.25, 0.3) is 0 Å². The predicted molar refractivity (Wildman–Crippen MR) is 113 cm³/mol. The highest BCUT2D eigenvalue weighted by Gasteiger charge is 2.51. The minimum atomic E-state index is -5.07. The average Bonchev–Trinajstić information content (AvgIpc) is 3.36. The van der Waals surface area contributed by atoms with Crippen LogP contribution in [0.5, 0.6) is 0 Å². The smallest absolute Gasteiger partial charge is 0.419 e. The van der Waals surface area contributed by atoms with E-state index in [2.05, 4.69) is 10.3 Å². The van der Waals surface area contributed by atoms with Crippen molar-refractivity contribution in [2.45, 2.75) is 18.8 Å². The molecule has 0 aliphatic carbocycles. The van der Waals surface area contributed by atoms with Crippen molar-refractivity contribution >= 4 is 45.9 Å².